The fraction of sp³-hybridized carbons (Fsp3) is 0.583. The van der Waals surface area contributed by atoms with Gasteiger partial charge in [0.2, 0.25) is 10.0 Å². The Kier molecular flexibility index (Phi) is 4.55. The molecule has 1 unspecified atom stereocenters. The number of halogens is 1. The number of carbonyl (C=O) groups excluding carboxylic acids is 1. The predicted octanol–water partition coefficient (Wildman–Crippen LogP) is 1.16. The van der Waals surface area contributed by atoms with E-state index in [1.165, 1.54) is 0 Å². The molecule has 1 atom stereocenters. The van der Waals surface area contributed by atoms with E-state index >= 15 is 0 Å². The van der Waals surface area contributed by atoms with Gasteiger partial charge >= 0.3 is 0 Å². The van der Waals surface area contributed by atoms with Crippen LogP contribution in [0, 0.1) is 0 Å². The Hall–Kier alpha value is -0.860. The summed E-state index contributed by atoms with van der Waals surface area (Å²) < 4.78 is 25.6. The molecular weight excluding hydrogens is 346 g/mol. The van der Waals surface area contributed by atoms with Gasteiger partial charge in [-0.25, -0.2) is 13.6 Å². The monoisotopic (exact) mass is 363 g/mol. The quantitative estimate of drug-likeness (QED) is 0.874. The van der Waals surface area contributed by atoms with E-state index in [4.69, 9.17) is 5.14 Å². The summed E-state index contributed by atoms with van der Waals surface area (Å²) in [5, 5.41) is 4.53. The van der Waals surface area contributed by atoms with Gasteiger partial charge < -0.3 is 9.47 Å². The van der Waals surface area contributed by atoms with E-state index in [2.05, 4.69) is 15.9 Å². The number of aryl methyl sites for hydroxylation is 1. The molecule has 0 bridgehead atoms. The number of amides is 1. The fourth-order valence-electron chi connectivity index (χ4n) is 2.47. The van der Waals surface area contributed by atoms with Crippen molar-refractivity contribution in [2.24, 2.45) is 5.14 Å². The summed E-state index contributed by atoms with van der Waals surface area (Å²) in [7, 11) is -3.59. The lowest BCUT2D eigenvalue weighted by Crippen LogP contribution is -2.47. The average molecular weight is 364 g/mol. The lowest BCUT2D eigenvalue weighted by molar-refractivity contribution is 0.0716. The van der Waals surface area contributed by atoms with E-state index in [1.54, 1.807) is 11.0 Å². The Labute approximate surface area is 127 Å². The predicted molar refractivity (Wildman–Crippen MR) is 79.8 cm³/mol. The summed E-state index contributed by atoms with van der Waals surface area (Å²) in [6, 6.07) is 1.76. The minimum Gasteiger partial charge on any atom is -0.343 e. The third-order valence-corrected chi connectivity index (χ3v) is 5.30. The van der Waals surface area contributed by atoms with Crippen molar-refractivity contribution in [2.45, 2.75) is 31.6 Å². The lowest BCUT2D eigenvalue weighted by Gasteiger charge is -2.31. The first-order valence-electron chi connectivity index (χ1n) is 6.49. The van der Waals surface area contributed by atoms with E-state index in [-0.39, 0.29) is 12.5 Å². The number of nitrogens with zero attached hydrogens (tertiary/aromatic N) is 2. The van der Waals surface area contributed by atoms with Crippen LogP contribution in [-0.4, -0.2) is 42.1 Å². The molecule has 0 aliphatic carbocycles. The smallest absolute Gasteiger partial charge is 0.270 e. The van der Waals surface area contributed by atoms with Gasteiger partial charge in [0, 0.05) is 30.3 Å². The first kappa shape index (κ1) is 15.5. The third-order valence-electron chi connectivity index (χ3n) is 3.55. The highest BCUT2D eigenvalue weighted by Gasteiger charge is 2.31. The van der Waals surface area contributed by atoms with Crippen LogP contribution in [0.4, 0.5) is 0 Å². The van der Waals surface area contributed by atoms with Crippen molar-refractivity contribution < 1.29 is 13.2 Å². The molecule has 1 saturated heterocycles. The van der Waals surface area contributed by atoms with Gasteiger partial charge in [0.05, 0.1) is 5.25 Å². The summed E-state index contributed by atoms with van der Waals surface area (Å²) in [5.74, 6) is -0.147. The minimum absolute atomic E-state index is 0.147. The number of carbonyl (C=O) groups is 1. The number of rotatable bonds is 3. The van der Waals surface area contributed by atoms with Crippen LogP contribution < -0.4 is 5.14 Å². The second-order valence-electron chi connectivity index (χ2n) is 4.93. The lowest BCUT2D eigenvalue weighted by atomic mass is 10.1. The molecule has 2 rings (SSSR count). The molecule has 1 fully saturated rings. The van der Waals surface area contributed by atoms with Gasteiger partial charge in [-0.1, -0.05) is 0 Å². The number of likely N-dealkylation sites (tertiary alicyclic amines) is 1. The van der Waals surface area contributed by atoms with Gasteiger partial charge in [-0.05, 0) is 41.8 Å². The number of sulfonamides is 1. The van der Waals surface area contributed by atoms with Crippen molar-refractivity contribution in [3.63, 3.8) is 0 Å². The van der Waals surface area contributed by atoms with Crippen molar-refractivity contribution in [3.05, 3.63) is 22.4 Å². The molecule has 20 heavy (non-hydrogen) atoms. The summed E-state index contributed by atoms with van der Waals surface area (Å²) in [6.45, 7) is 3.37. The molecule has 1 aliphatic rings. The molecule has 2 heterocycles. The van der Waals surface area contributed by atoms with Crippen LogP contribution in [0.3, 0.4) is 0 Å². The standard InChI is InChI=1S/C12H18BrN3O3S/c1-2-15-7-9(13)6-11(15)12(17)16-5-3-4-10(8-16)20(14,18)19/h6-7,10H,2-5,8H2,1H3,(H2,14,18,19). The van der Waals surface area contributed by atoms with Gasteiger partial charge in [-0.3, -0.25) is 4.79 Å². The molecule has 2 N–H and O–H groups in total. The first-order chi connectivity index (χ1) is 9.32. The number of piperidine rings is 1. The number of hydrogen-bond donors (Lipinski definition) is 1. The first-order valence-corrected chi connectivity index (χ1v) is 8.89. The maximum Gasteiger partial charge on any atom is 0.270 e. The molecule has 0 spiro atoms. The van der Waals surface area contributed by atoms with Crippen molar-refractivity contribution in [1.82, 2.24) is 9.47 Å². The molecular formula is C12H18BrN3O3S. The fourth-order valence-corrected chi connectivity index (χ4v) is 3.82. The number of nitrogens with two attached hydrogens (primary N) is 1. The minimum atomic E-state index is -3.59. The molecule has 1 amide bonds. The van der Waals surface area contributed by atoms with Gasteiger partial charge in [0.25, 0.3) is 5.91 Å². The summed E-state index contributed by atoms with van der Waals surface area (Å²) in [5.41, 5.74) is 0.564. The molecule has 6 nitrogen and oxygen atoms in total. The van der Waals surface area contributed by atoms with Gasteiger partial charge in [-0.2, -0.15) is 0 Å². The number of hydrogen-bond acceptors (Lipinski definition) is 3. The van der Waals surface area contributed by atoms with Crippen LogP contribution in [0.25, 0.3) is 0 Å². The third kappa shape index (κ3) is 3.24. The Balaban J connectivity index is 2.20. The van der Waals surface area contributed by atoms with Crippen molar-refractivity contribution >= 4 is 31.9 Å². The SMILES string of the molecule is CCn1cc(Br)cc1C(=O)N1CCCC(S(N)(=O)=O)C1. The van der Waals surface area contributed by atoms with Crippen LogP contribution in [-0.2, 0) is 16.6 Å². The van der Waals surface area contributed by atoms with Crippen LogP contribution >= 0.6 is 15.9 Å². The Morgan fingerprint density at radius 3 is 2.85 bits per heavy atom. The van der Waals surface area contributed by atoms with Crippen molar-refractivity contribution in [3.8, 4) is 0 Å². The van der Waals surface area contributed by atoms with Crippen molar-refractivity contribution in [2.75, 3.05) is 13.1 Å². The van der Waals surface area contributed by atoms with E-state index in [1.807, 2.05) is 17.7 Å². The molecule has 0 saturated carbocycles. The zero-order valence-corrected chi connectivity index (χ0v) is 13.7. The van der Waals surface area contributed by atoms with E-state index < -0.39 is 15.3 Å². The second kappa shape index (κ2) is 5.87. The Morgan fingerprint density at radius 1 is 1.55 bits per heavy atom. The topological polar surface area (TPSA) is 85.4 Å². The molecule has 1 aromatic heterocycles. The zero-order chi connectivity index (χ0) is 14.9. The molecule has 1 aliphatic heterocycles. The zero-order valence-electron chi connectivity index (χ0n) is 11.3. The molecule has 112 valence electrons. The Morgan fingerprint density at radius 2 is 2.25 bits per heavy atom. The second-order valence-corrected chi connectivity index (χ2v) is 7.69. The van der Waals surface area contributed by atoms with Gasteiger partial charge in [0.15, 0.2) is 0 Å². The van der Waals surface area contributed by atoms with Crippen LogP contribution in [0.15, 0.2) is 16.7 Å². The maximum atomic E-state index is 12.5. The van der Waals surface area contributed by atoms with Crippen LogP contribution in [0.1, 0.15) is 30.3 Å². The highest BCUT2D eigenvalue weighted by molar-refractivity contribution is 9.10. The van der Waals surface area contributed by atoms with E-state index in [0.29, 0.717) is 31.6 Å². The highest BCUT2D eigenvalue weighted by Crippen LogP contribution is 2.21. The Bertz CT molecular complexity index is 611. The molecule has 0 aromatic carbocycles. The maximum absolute atomic E-state index is 12.5. The summed E-state index contributed by atoms with van der Waals surface area (Å²) in [4.78, 5) is 14.1. The average Bonchev–Trinajstić information content (AvgIpc) is 2.78. The van der Waals surface area contributed by atoms with E-state index in [9.17, 15) is 13.2 Å². The largest absolute Gasteiger partial charge is 0.343 e. The number of aromatic nitrogens is 1. The molecule has 8 heteroatoms. The van der Waals surface area contributed by atoms with Crippen LogP contribution in [0.5, 0.6) is 0 Å². The number of primary sulfonamides is 1. The van der Waals surface area contributed by atoms with E-state index in [0.717, 1.165) is 4.47 Å². The highest BCUT2D eigenvalue weighted by atomic mass is 79.9. The van der Waals surface area contributed by atoms with Crippen LogP contribution in [0.2, 0.25) is 0 Å². The normalized spacial score (nSPS) is 20.1. The van der Waals surface area contributed by atoms with Gasteiger partial charge in [0.1, 0.15) is 5.69 Å². The molecule has 1 aromatic rings. The van der Waals surface area contributed by atoms with Crippen molar-refractivity contribution in [1.29, 1.82) is 0 Å². The molecule has 0 radical (unpaired) electrons. The van der Waals surface area contributed by atoms with Gasteiger partial charge in [-0.15, -0.1) is 0 Å². The summed E-state index contributed by atoms with van der Waals surface area (Å²) in [6.07, 6.45) is 3.01. The summed E-state index contributed by atoms with van der Waals surface area (Å²) >= 11 is 3.35.